The molecule has 1 aromatic heterocycles. The molecule has 6 heteroatoms. The number of ether oxygens (including phenoxy) is 1. The van der Waals surface area contributed by atoms with Crippen LogP contribution in [0.15, 0.2) is 34.8 Å². The van der Waals surface area contributed by atoms with Crippen molar-refractivity contribution in [3.63, 3.8) is 0 Å². The second-order valence-corrected chi connectivity index (χ2v) is 6.45. The first kappa shape index (κ1) is 16.7. The van der Waals surface area contributed by atoms with Gasteiger partial charge in [-0.1, -0.05) is 19.1 Å². The number of carbonyl (C=O) groups excluding carboxylic acids is 2. The zero-order valence-corrected chi connectivity index (χ0v) is 14.7. The summed E-state index contributed by atoms with van der Waals surface area (Å²) in [5, 5.41) is 3.33. The highest BCUT2D eigenvalue weighted by Crippen LogP contribution is 2.30. The molecular formula is C16H16BrNO3S. The van der Waals surface area contributed by atoms with Gasteiger partial charge in [0.1, 0.15) is 5.00 Å². The van der Waals surface area contributed by atoms with Crippen LogP contribution in [0.2, 0.25) is 0 Å². The Kier molecular flexibility index (Phi) is 5.74. The van der Waals surface area contributed by atoms with Crippen molar-refractivity contribution in [2.24, 2.45) is 0 Å². The smallest absolute Gasteiger partial charge is 0.341 e. The molecule has 4 nitrogen and oxygen atoms in total. The van der Waals surface area contributed by atoms with E-state index in [-0.39, 0.29) is 5.91 Å². The number of hydrogen-bond donors (Lipinski definition) is 1. The van der Waals surface area contributed by atoms with Crippen molar-refractivity contribution >= 4 is 44.1 Å². The molecule has 1 N–H and O–H groups in total. The van der Waals surface area contributed by atoms with E-state index in [4.69, 9.17) is 4.74 Å². The third-order valence-corrected chi connectivity index (χ3v) is 4.86. The van der Waals surface area contributed by atoms with Crippen LogP contribution in [0.3, 0.4) is 0 Å². The molecule has 0 radical (unpaired) electrons. The minimum atomic E-state index is -0.416. The maximum atomic E-state index is 12.4. The second kappa shape index (κ2) is 7.56. The Hall–Kier alpha value is -1.66. The standard InChI is InChI=1S/C16H16BrNO3S/c1-3-10-9-12(16(20)21-4-2)15(22-10)18-14(19)11-7-5-6-8-13(11)17/h5-9H,3-4H2,1-2H3,(H,18,19). The maximum Gasteiger partial charge on any atom is 0.341 e. The third kappa shape index (κ3) is 3.75. The molecule has 0 unspecified atom stereocenters. The van der Waals surface area contributed by atoms with Gasteiger partial charge in [-0.2, -0.15) is 0 Å². The number of amides is 1. The number of nitrogens with one attached hydrogen (secondary N) is 1. The van der Waals surface area contributed by atoms with Gasteiger partial charge < -0.3 is 10.1 Å². The molecule has 0 aliphatic rings. The first-order valence-corrected chi connectivity index (χ1v) is 8.53. The van der Waals surface area contributed by atoms with Crippen LogP contribution in [-0.4, -0.2) is 18.5 Å². The lowest BCUT2D eigenvalue weighted by molar-refractivity contribution is 0.0528. The molecule has 0 atom stereocenters. The summed E-state index contributed by atoms with van der Waals surface area (Å²) >= 11 is 4.75. The Labute approximate surface area is 141 Å². The van der Waals surface area contributed by atoms with E-state index in [1.165, 1.54) is 11.3 Å². The number of thiophene rings is 1. The van der Waals surface area contributed by atoms with E-state index in [0.717, 1.165) is 11.3 Å². The minimum Gasteiger partial charge on any atom is -0.462 e. The van der Waals surface area contributed by atoms with Gasteiger partial charge in [0.2, 0.25) is 0 Å². The molecule has 1 amide bonds. The molecule has 0 bridgehead atoms. The highest BCUT2D eigenvalue weighted by molar-refractivity contribution is 9.10. The fraction of sp³-hybridized carbons (Fsp3) is 0.250. The fourth-order valence-electron chi connectivity index (χ4n) is 1.89. The molecule has 1 aromatic carbocycles. The van der Waals surface area contributed by atoms with Crippen LogP contribution in [0.5, 0.6) is 0 Å². The Balaban J connectivity index is 2.29. The Morgan fingerprint density at radius 1 is 1.23 bits per heavy atom. The van der Waals surface area contributed by atoms with Crippen molar-refractivity contribution in [1.82, 2.24) is 0 Å². The molecule has 0 fully saturated rings. The monoisotopic (exact) mass is 381 g/mol. The van der Waals surface area contributed by atoms with E-state index >= 15 is 0 Å². The molecule has 0 saturated carbocycles. The zero-order chi connectivity index (χ0) is 16.1. The lowest BCUT2D eigenvalue weighted by atomic mass is 10.2. The summed E-state index contributed by atoms with van der Waals surface area (Å²) < 4.78 is 5.75. The van der Waals surface area contributed by atoms with Crippen LogP contribution in [0.1, 0.15) is 39.4 Å². The summed E-state index contributed by atoms with van der Waals surface area (Å²) in [7, 11) is 0. The van der Waals surface area contributed by atoms with Crippen LogP contribution in [-0.2, 0) is 11.2 Å². The largest absolute Gasteiger partial charge is 0.462 e. The number of anilines is 1. The average molecular weight is 382 g/mol. The molecule has 0 saturated heterocycles. The number of aryl methyl sites for hydroxylation is 1. The number of rotatable bonds is 5. The lowest BCUT2D eigenvalue weighted by Crippen LogP contribution is -2.14. The van der Waals surface area contributed by atoms with Crippen LogP contribution in [0, 0.1) is 0 Å². The van der Waals surface area contributed by atoms with Gasteiger partial charge >= 0.3 is 5.97 Å². The van der Waals surface area contributed by atoms with Gasteiger partial charge in [-0.25, -0.2) is 4.79 Å². The maximum absolute atomic E-state index is 12.4. The van der Waals surface area contributed by atoms with Gasteiger partial charge in [0.05, 0.1) is 17.7 Å². The molecule has 0 aliphatic heterocycles. The van der Waals surface area contributed by atoms with Gasteiger partial charge in [0.15, 0.2) is 0 Å². The van der Waals surface area contributed by atoms with Crippen LogP contribution >= 0.6 is 27.3 Å². The molecule has 2 aromatic rings. The molecule has 22 heavy (non-hydrogen) atoms. The van der Waals surface area contributed by atoms with Gasteiger partial charge in [-0.15, -0.1) is 11.3 Å². The molecule has 1 heterocycles. The number of hydrogen-bond acceptors (Lipinski definition) is 4. The van der Waals surface area contributed by atoms with Gasteiger partial charge in [-0.05, 0) is 47.5 Å². The third-order valence-electron chi connectivity index (χ3n) is 2.97. The highest BCUT2D eigenvalue weighted by atomic mass is 79.9. The van der Waals surface area contributed by atoms with Crippen molar-refractivity contribution in [2.45, 2.75) is 20.3 Å². The number of carbonyl (C=O) groups is 2. The lowest BCUT2D eigenvalue weighted by Gasteiger charge is -2.07. The molecule has 0 spiro atoms. The normalized spacial score (nSPS) is 10.3. The van der Waals surface area contributed by atoms with Crippen molar-refractivity contribution in [3.8, 4) is 0 Å². The molecular weight excluding hydrogens is 366 g/mol. The van der Waals surface area contributed by atoms with Gasteiger partial charge in [0, 0.05) is 9.35 Å². The van der Waals surface area contributed by atoms with Crippen LogP contribution < -0.4 is 5.32 Å². The molecule has 116 valence electrons. The predicted molar refractivity (Wildman–Crippen MR) is 91.7 cm³/mol. The topological polar surface area (TPSA) is 55.4 Å². The van der Waals surface area contributed by atoms with Crippen LogP contribution in [0.4, 0.5) is 5.00 Å². The number of halogens is 1. The van der Waals surface area contributed by atoms with E-state index < -0.39 is 5.97 Å². The predicted octanol–water partition coefficient (Wildman–Crippen LogP) is 4.50. The molecule has 0 aliphatic carbocycles. The second-order valence-electron chi connectivity index (χ2n) is 4.46. The van der Waals surface area contributed by atoms with Crippen molar-refractivity contribution in [2.75, 3.05) is 11.9 Å². The van der Waals surface area contributed by atoms with Gasteiger partial charge in [0.25, 0.3) is 5.91 Å². The SMILES string of the molecule is CCOC(=O)c1cc(CC)sc1NC(=O)c1ccccc1Br. The molecule has 2 rings (SSSR count). The Morgan fingerprint density at radius 2 is 1.95 bits per heavy atom. The summed E-state index contributed by atoms with van der Waals surface area (Å²) in [6, 6.07) is 8.92. The Bertz CT molecular complexity index is 696. The van der Waals surface area contributed by atoms with E-state index in [1.807, 2.05) is 13.0 Å². The van der Waals surface area contributed by atoms with E-state index in [2.05, 4.69) is 21.2 Å². The number of benzene rings is 1. The van der Waals surface area contributed by atoms with E-state index in [9.17, 15) is 9.59 Å². The highest BCUT2D eigenvalue weighted by Gasteiger charge is 2.19. The summed E-state index contributed by atoms with van der Waals surface area (Å²) in [4.78, 5) is 25.4. The number of esters is 1. The summed E-state index contributed by atoms with van der Waals surface area (Å²) in [5.74, 6) is -0.677. The Morgan fingerprint density at radius 3 is 2.59 bits per heavy atom. The minimum absolute atomic E-state index is 0.262. The van der Waals surface area contributed by atoms with E-state index in [1.54, 1.807) is 31.2 Å². The fourth-order valence-corrected chi connectivity index (χ4v) is 3.33. The quantitative estimate of drug-likeness (QED) is 0.775. The van der Waals surface area contributed by atoms with Gasteiger partial charge in [-0.3, -0.25) is 4.79 Å². The first-order valence-electron chi connectivity index (χ1n) is 6.92. The zero-order valence-electron chi connectivity index (χ0n) is 12.3. The average Bonchev–Trinajstić information content (AvgIpc) is 2.91. The van der Waals surface area contributed by atoms with Crippen molar-refractivity contribution in [3.05, 3.63) is 50.8 Å². The van der Waals surface area contributed by atoms with E-state index in [0.29, 0.717) is 27.2 Å². The summed E-state index contributed by atoms with van der Waals surface area (Å²) in [5.41, 5.74) is 0.924. The summed E-state index contributed by atoms with van der Waals surface area (Å²) in [6.07, 6.45) is 0.794. The van der Waals surface area contributed by atoms with Crippen LogP contribution in [0.25, 0.3) is 0 Å². The first-order chi connectivity index (χ1) is 10.6. The van der Waals surface area contributed by atoms with Crippen molar-refractivity contribution in [1.29, 1.82) is 0 Å². The van der Waals surface area contributed by atoms with Crippen molar-refractivity contribution < 1.29 is 14.3 Å². The summed E-state index contributed by atoms with van der Waals surface area (Å²) in [6.45, 7) is 4.05.